The van der Waals surface area contributed by atoms with Crippen LogP contribution in [0.25, 0.3) is 0 Å². The number of benzene rings is 1. The Morgan fingerprint density at radius 2 is 1.68 bits per heavy atom. The molecule has 108 valence electrons. The van der Waals surface area contributed by atoms with Crippen molar-refractivity contribution in [3.8, 4) is 0 Å². The van der Waals surface area contributed by atoms with E-state index < -0.39 is 38.4 Å². The van der Waals surface area contributed by atoms with Crippen LogP contribution in [-0.2, 0) is 10.0 Å². The molecule has 0 amide bonds. The molecule has 0 aliphatic heterocycles. The molecule has 0 spiro atoms. The van der Waals surface area contributed by atoms with Gasteiger partial charge in [-0.05, 0) is 5.92 Å². The minimum absolute atomic E-state index is 0.0542. The molecule has 1 aromatic carbocycles. The molecular weight excluding hydrogens is 303 g/mol. The number of hydrogen-bond acceptors (Lipinski definition) is 2. The second-order valence-electron chi connectivity index (χ2n) is 4.32. The van der Waals surface area contributed by atoms with Gasteiger partial charge in [0.25, 0.3) is 0 Å². The Bertz CT molecular complexity index is 540. The van der Waals surface area contributed by atoms with Gasteiger partial charge in [-0.2, -0.15) is 0 Å². The van der Waals surface area contributed by atoms with Crippen molar-refractivity contribution in [2.75, 3.05) is 5.88 Å². The summed E-state index contributed by atoms with van der Waals surface area (Å²) in [5, 5.41) is 0. The predicted octanol–water partition coefficient (Wildman–Crippen LogP) is 2.65. The summed E-state index contributed by atoms with van der Waals surface area (Å²) in [5.41, 5.74) is 0. The van der Waals surface area contributed by atoms with Gasteiger partial charge in [0.2, 0.25) is 10.0 Å². The summed E-state index contributed by atoms with van der Waals surface area (Å²) in [4.78, 5) is -1.20. The van der Waals surface area contributed by atoms with Crippen molar-refractivity contribution in [3.63, 3.8) is 0 Å². The van der Waals surface area contributed by atoms with Gasteiger partial charge >= 0.3 is 0 Å². The summed E-state index contributed by atoms with van der Waals surface area (Å²) in [6, 6.07) is -0.0682. The SMILES string of the molecule is CC(C)C(CCl)NS(=O)(=O)c1c(F)cc(F)cc1F. The molecule has 1 N–H and O–H groups in total. The van der Waals surface area contributed by atoms with Crippen molar-refractivity contribution >= 4 is 21.6 Å². The lowest BCUT2D eigenvalue weighted by atomic mass is 10.1. The van der Waals surface area contributed by atoms with E-state index in [0.29, 0.717) is 12.1 Å². The summed E-state index contributed by atoms with van der Waals surface area (Å²) < 4.78 is 65.5. The van der Waals surface area contributed by atoms with Crippen molar-refractivity contribution in [2.24, 2.45) is 5.92 Å². The highest BCUT2D eigenvalue weighted by molar-refractivity contribution is 7.89. The fourth-order valence-electron chi connectivity index (χ4n) is 1.39. The maximum absolute atomic E-state index is 13.4. The lowest BCUT2D eigenvalue weighted by molar-refractivity contribution is 0.464. The molecule has 0 radical (unpaired) electrons. The van der Waals surface area contributed by atoms with Gasteiger partial charge in [0.1, 0.15) is 17.5 Å². The van der Waals surface area contributed by atoms with Crippen molar-refractivity contribution in [2.45, 2.75) is 24.8 Å². The summed E-state index contributed by atoms with van der Waals surface area (Å²) in [6.07, 6.45) is 0. The summed E-state index contributed by atoms with van der Waals surface area (Å²) in [5.74, 6) is -4.38. The first-order valence-corrected chi connectivity index (χ1v) is 7.43. The van der Waals surface area contributed by atoms with Crippen LogP contribution in [0.1, 0.15) is 13.8 Å². The lowest BCUT2D eigenvalue weighted by Crippen LogP contribution is -2.40. The number of halogens is 4. The third-order valence-electron chi connectivity index (χ3n) is 2.51. The summed E-state index contributed by atoms with van der Waals surface area (Å²) in [7, 11) is -4.45. The monoisotopic (exact) mass is 315 g/mol. The van der Waals surface area contributed by atoms with Gasteiger partial charge in [-0.25, -0.2) is 26.3 Å². The van der Waals surface area contributed by atoms with E-state index in [1.807, 2.05) is 0 Å². The van der Waals surface area contributed by atoms with E-state index in [0.717, 1.165) is 0 Å². The normalized spacial score (nSPS) is 13.8. The molecule has 0 aliphatic rings. The Balaban J connectivity index is 3.21. The Hall–Kier alpha value is -0.790. The molecule has 0 saturated heterocycles. The molecule has 1 rings (SSSR count). The molecule has 0 bridgehead atoms. The highest BCUT2D eigenvalue weighted by Crippen LogP contribution is 2.21. The number of nitrogens with one attached hydrogen (secondary N) is 1. The fraction of sp³-hybridized carbons (Fsp3) is 0.455. The van der Waals surface area contributed by atoms with E-state index in [1.54, 1.807) is 13.8 Å². The molecule has 0 aromatic heterocycles. The highest BCUT2D eigenvalue weighted by Gasteiger charge is 2.28. The van der Waals surface area contributed by atoms with Crippen LogP contribution in [0, 0.1) is 23.4 Å². The lowest BCUT2D eigenvalue weighted by Gasteiger charge is -2.20. The highest BCUT2D eigenvalue weighted by atomic mass is 35.5. The van der Waals surface area contributed by atoms with Crippen LogP contribution in [0.4, 0.5) is 13.2 Å². The van der Waals surface area contributed by atoms with Crippen molar-refractivity contribution < 1.29 is 21.6 Å². The molecule has 1 aromatic rings. The van der Waals surface area contributed by atoms with E-state index >= 15 is 0 Å². The van der Waals surface area contributed by atoms with E-state index in [1.165, 1.54) is 0 Å². The largest absolute Gasteiger partial charge is 0.246 e. The first kappa shape index (κ1) is 16.3. The third kappa shape index (κ3) is 3.84. The van der Waals surface area contributed by atoms with Gasteiger partial charge in [-0.15, -0.1) is 11.6 Å². The van der Waals surface area contributed by atoms with Crippen LogP contribution in [0.2, 0.25) is 0 Å². The molecule has 8 heteroatoms. The van der Waals surface area contributed by atoms with E-state index in [2.05, 4.69) is 4.72 Å². The standard InChI is InChI=1S/C11H13ClF3NO2S/c1-6(2)10(5-12)16-19(17,18)11-8(14)3-7(13)4-9(11)15/h3-4,6,10,16H,5H2,1-2H3. The van der Waals surface area contributed by atoms with E-state index in [-0.39, 0.29) is 11.8 Å². The van der Waals surface area contributed by atoms with Crippen molar-refractivity contribution in [1.82, 2.24) is 4.72 Å². The van der Waals surface area contributed by atoms with E-state index in [4.69, 9.17) is 11.6 Å². The smallest absolute Gasteiger partial charge is 0.207 e. The van der Waals surface area contributed by atoms with Crippen molar-refractivity contribution in [3.05, 3.63) is 29.6 Å². The number of sulfonamides is 1. The molecule has 0 aliphatic carbocycles. The van der Waals surface area contributed by atoms with E-state index in [9.17, 15) is 21.6 Å². The number of hydrogen-bond donors (Lipinski definition) is 1. The summed E-state index contributed by atoms with van der Waals surface area (Å²) in [6.45, 7) is 3.40. The predicted molar refractivity (Wildman–Crippen MR) is 66.0 cm³/mol. The second-order valence-corrected chi connectivity index (χ2v) is 6.28. The minimum Gasteiger partial charge on any atom is -0.207 e. The zero-order valence-corrected chi connectivity index (χ0v) is 11.8. The van der Waals surface area contributed by atoms with Crippen LogP contribution in [0.5, 0.6) is 0 Å². The van der Waals surface area contributed by atoms with Crippen LogP contribution in [-0.4, -0.2) is 20.3 Å². The molecule has 3 nitrogen and oxygen atoms in total. The maximum Gasteiger partial charge on any atom is 0.246 e. The molecule has 0 heterocycles. The quantitative estimate of drug-likeness (QED) is 0.849. The van der Waals surface area contributed by atoms with Crippen LogP contribution >= 0.6 is 11.6 Å². The average molecular weight is 316 g/mol. The average Bonchev–Trinajstić information content (AvgIpc) is 2.23. The van der Waals surface area contributed by atoms with Crippen LogP contribution < -0.4 is 4.72 Å². The van der Waals surface area contributed by atoms with Gasteiger partial charge in [-0.3, -0.25) is 0 Å². The first-order chi connectivity index (χ1) is 8.69. The number of alkyl halides is 1. The van der Waals surface area contributed by atoms with Gasteiger partial charge in [0.15, 0.2) is 4.90 Å². The maximum atomic E-state index is 13.4. The van der Waals surface area contributed by atoms with Crippen LogP contribution in [0.15, 0.2) is 17.0 Å². The Kier molecular flexibility index (Phi) is 5.23. The molecule has 0 saturated carbocycles. The van der Waals surface area contributed by atoms with Gasteiger partial charge in [0, 0.05) is 24.1 Å². The minimum atomic E-state index is -4.45. The second kappa shape index (κ2) is 6.11. The van der Waals surface area contributed by atoms with Gasteiger partial charge in [0.05, 0.1) is 0 Å². The molecule has 19 heavy (non-hydrogen) atoms. The summed E-state index contributed by atoms with van der Waals surface area (Å²) >= 11 is 5.59. The Morgan fingerprint density at radius 3 is 2.05 bits per heavy atom. The van der Waals surface area contributed by atoms with Crippen molar-refractivity contribution in [1.29, 1.82) is 0 Å². The Labute approximate surface area is 114 Å². The Morgan fingerprint density at radius 1 is 1.21 bits per heavy atom. The topological polar surface area (TPSA) is 46.2 Å². The van der Waals surface area contributed by atoms with Gasteiger partial charge < -0.3 is 0 Å². The zero-order chi connectivity index (χ0) is 14.8. The zero-order valence-electron chi connectivity index (χ0n) is 10.3. The fourth-order valence-corrected chi connectivity index (χ4v) is 3.42. The molecule has 1 unspecified atom stereocenters. The number of rotatable bonds is 5. The molecule has 0 fully saturated rings. The molecular formula is C11H13ClF3NO2S. The van der Waals surface area contributed by atoms with Gasteiger partial charge in [-0.1, -0.05) is 13.8 Å². The van der Waals surface area contributed by atoms with Crippen LogP contribution in [0.3, 0.4) is 0 Å². The first-order valence-electron chi connectivity index (χ1n) is 5.42. The third-order valence-corrected chi connectivity index (χ3v) is 4.38. The molecule has 1 atom stereocenters.